The average Bonchev–Trinajstić information content (AvgIpc) is 2.55. The molecule has 0 saturated heterocycles. The van der Waals surface area contributed by atoms with Gasteiger partial charge in [0, 0.05) is 0 Å². The van der Waals surface area contributed by atoms with Crippen LogP contribution in [-0.2, 0) is 28.8 Å². The van der Waals surface area contributed by atoms with Gasteiger partial charge < -0.3 is 0 Å². The zero-order valence-corrected chi connectivity index (χ0v) is 9.42. The molecule has 0 bridgehead atoms. The van der Waals surface area contributed by atoms with E-state index in [4.69, 9.17) is 5.73 Å². The number of carbonyl (C=O) groups excluding carboxylic acids is 1. The first-order valence-electron chi connectivity index (χ1n) is 3.56. The third-order valence-corrected chi connectivity index (χ3v) is 3.18. The van der Waals surface area contributed by atoms with Gasteiger partial charge >= 0.3 is 76.5 Å². The molecule has 1 aromatic rings. The van der Waals surface area contributed by atoms with Crippen LogP contribution in [0.3, 0.4) is 0 Å². The first-order chi connectivity index (χ1) is 5.74. The fourth-order valence-electron chi connectivity index (χ4n) is 0.841. The van der Waals surface area contributed by atoms with Crippen molar-refractivity contribution in [1.29, 1.82) is 0 Å². The Hall–Kier alpha value is -0.607. The number of nitrogens with zero attached hydrogens (tertiary/aromatic N) is 1. The molecule has 0 amide bonds. The van der Waals surface area contributed by atoms with Crippen LogP contribution in [0.5, 0.6) is 0 Å². The minimum atomic E-state index is -2.50. The van der Waals surface area contributed by atoms with Crippen molar-refractivity contribution in [3.05, 3.63) is 18.2 Å². The van der Waals surface area contributed by atoms with Gasteiger partial charge in [0.05, 0.1) is 0 Å². The van der Waals surface area contributed by atoms with Crippen LogP contribution in [0.1, 0.15) is 5.69 Å². The summed E-state index contributed by atoms with van der Waals surface area (Å²) < 4.78 is 11.6. The SMILES string of the molecule is N[C@@H](Cc1c[nH]cn1)[C](=O)[Zn][F]. The predicted molar refractivity (Wildman–Crippen MR) is 36.4 cm³/mol. The Balaban J connectivity index is 2.47. The molecule has 0 unspecified atom stereocenters. The molecule has 0 aromatic carbocycles. The van der Waals surface area contributed by atoms with E-state index in [-0.39, 0.29) is 0 Å². The molecule has 4 nitrogen and oxygen atoms in total. The Kier molecular flexibility index (Phi) is 3.50. The van der Waals surface area contributed by atoms with Crippen molar-refractivity contribution in [2.24, 2.45) is 5.73 Å². The van der Waals surface area contributed by atoms with E-state index < -0.39 is 28.0 Å². The Morgan fingerprint density at radius 2 is 2.67 bits per heavy atom. The van der Waals surface area contributed by atoms with Crippen LogP contribution in [0.25, 0.3) is 0 Å². The maximum atomic E-state index is 12.0. The molecular weight excluding hydrogens is 214 g/mol. The number of aromatic nitrogens is 2. The van der Waals surface area contributed by atoms with Gasteiger partial charge in [-0.3, -0.25) is 0 Å². The van der Waals surface area contributed by atoms with Gasteiger partial charge in [-0.2, -0.15) is 0 Å². The molecule has 3 N–H and O–H groups in total. The molecule has 62 valence electrons. The number of halogens is 1. The number of hydrogen-bond acceptors (Lipinski definition) is 3. The van der Waals surface area contributed by atoms with Gasteiger partial charge in [-0.25, -0.2) is 0 Å². The average molecular weight is 223 g/mol. The molecule has 12 heavy (non-hydrogen) atoms. The van der Waals surface area contributed by atoms with E-state index in [9.17, 15) is 8.11 Å². The molecule has 0 aliphatic rings. The van der Waals surface area contributed by atoms with Crippen molar-refractivity contribution in [3.63, 3.8) is 0 Å². The summed E-state index contributed by atoms with van der Waals surface area (Å²) in [6.07, 6.45) is 3.49. The number of carbonyl (C=O) groups is 1. The van der Waals surface area contributed by atoms with E-state index in [1.165, 1.54) is 6.33 Å². The monoisotopic (exact) mass is 221 g/mol. The van der Waals surface area contributed by atoms with Crippen molar-refractivity contribution >= 4 is 4.38 Å². The van der Waals surface area contributed by atoms with Crippen molar-refractivity contribution in [1.82, 2.24) is 9.97 Å². The summed E-state index contributed by atoms with van der Waals surface area (Å²) in [5.41, 5.74) is 6.12. The van der Waals surface area contributed by atoms with Crippen LogP contribution < -0.4 is 5.73 Å². The molecule has 0 aliphatic heterocycles. The molecule has 0 radical (unpaired) electrons. The van der Waals surface area contributed by atoms with E-state index >= 15 is 0 Å². The summed E-state index contributed by atoms with van der Waals surface area (Å²) >= 11 is -2.50. The van der Waals surface area contributed by atoms with E-state index in [0.29, 0.717) is 12.1 Å². The van der Waals surface area contributed by atoms with Gasteiger partial charge in [-0.05, 0) is 0 Å². The zero-order valence-electron chi connectivity index (χ0n) is 6.46. The van der Waals surface area contributed by atoms with Crippen LogP contribution in [0.4, 0.5) is 3.32 Å². The first-order valence-corrected chi connectivity index (χ1v) is 6.16. The molecule has 6 heteroatoms. The van der Waals surface area contributed by atoms with Crippen LogP contribution in [0.2, 0.25) is 0 Å². The zero-order chi connectivity index (χ0) is 8.97. The van der Waals surface area contributed by atoms with E-state index in [2.05, 4.69) is 9.97 Å². The molecule has 0 saturated carbocycles. The first kappa shape index (κ1) is 9.48. The number of rotatable bonds is 4. The third kappa shape index (κ3) is 2.46. The second-order valence-electron chi connectivity index (χ2n) is 2.47. The summed E-state index contributed by atoms with van der Waals surface area (Å²) in [4.78, 5) is 17.4. The quantitative estimate of drug-likeness (QED) is 0.692. The Labute approximate surface area is 76.9 Å². The number of H-pyrrole nitrogens is 1. The van der Waals surface area contributed by atoms with Crippen LogP contribution in [0.15, 0.2) is 12.5 Å². The van der Waals surface area contributed by atoms with Crippen LogP contribution in [-0.4, -0.2) is 20.4 Å². The fourth-order valence-corrected chi connectivity index (χ4v) is 1.56. The van der Waals surface area contributed by atoms with E-state index in [1.54, 1.807) is 6.20 Å². The molecule has 1 atom stereocenters. The van der Waals surface area contributed by atoms with Crippen LogP contribution >= 0.6 is 0 Å². The van der Waals surface area contributed by atoms with Crippen molar-refractivity contribution in [2.75, 3.05) is 0 Å². The number of nitrogens with two attached hydrogens (primary N) is 1. The van der Waals surface area contributed by atoms with Gasteiger partial charge in [-0.1, -0.05) is 0 Å². The normalized spacial score (nSPS) is 12.2. The van der Waals surface area contributed by atoms with Crippen molar-refractivity contribution < 1.29 is 25.7 Å². The second-order valence-corrected chi connectivity index (χ2v) is 4.49. The molecule has 1 heterocycles. The molecule has 0 fully saturated rings. The topological polar surface area (TPSA) is 71.8 Å². The molecular formula is C6H8FN3OZn. The van der Waals surface area contributed by atoms with Crippen molar-refractivity contribution in [3.8, 4) is 0 Å². The number of imidazole rings is 1. The Morgan fingerprint density at radius 1 is 1.92 bits per heavy atom. The second kappa shape index (κ2) is 4.43. The van der Waals surface area contributed by atoms with Gasteiger partial charge in [0.15, 0.2) is 0 Å². The van der Waals surface area contributed by atoms with Gasteiger partial charge in [0.1, 0.15) is 0 Å². The Bertz CT molecular complexity index is 251. The predicted octanol–water partition coefficient (Wildman–Crippen LogP) is -0.227. The summed E-state index contributed by atoms with van der Waals surface area (Å²) in [6, 6.07) is -0.696. The van der Waals surface area contributed by atoms with Crippen LogP contribution in [0, 0.1) is 0 Å². The van der Waals surface area contributed by atoms with Gasteiger partial charge in [0.2, 0.25) is 0 Å². The van der Waals surface area contributed by atoms with Crippen molar-refractivity contribution in [2.45, 2.75) is 12.5 Å². The Morgan fingerprint density at radius 3 is 3.17 bits per heavy atom. The molecule has 0 spiro atoms. The summed E-state index contributed by atoms with van der Waals surface area (Å²) in [7, 11) is 0. The molecule has 1 aromatic heterocycles. The fraction of sp³-hybridized carbons (Fsp3) is 0.333. The summed E-state index contributed by atoms with van der Waals surface area (Å²) in [6.45, 7) is 0. The van der Waals surface area contributed by atoms with E-state index in [1.807, 2.05) is 0 Å². The third-order valence-electron chi connectivity index (χ3n) is 1.53. The van der Waals surface area contributed by atoms with Gasteiger partial charge in [0.25, 0.3) is 0 Å². The number of nitrogens with one attached hydrogen (secondary N) is 1. The standard InChI is InChI=1S/C6H8N3O.FH.Zn/c7-5(3-10)1-6-2-8-4-9-6;;/h2,4-5H,1,7H2,(H,8,9);1H;/q;;+1/p-1/t5-;;/m0../s1. The number of aromatic amines is 1. The molecule has 1 rings (SSSR count). The summed E-state index contributed by atoms with van der Waals surface area (Å²) in [5, 5.41) is 0. The minimum absolute atomic E-state index is 0.331. The number of hydrogen-bond donors (Lipinski definition) is 2. The summed E-state index contributed by atoms with van der Waals surface area (Å²) in [5.74, 6) is 0. The van der Waals surface area contributed by atoms with E-state index in [0.717, 1.165) is 0 Å². The molecule has 0 aliphatic carbocycles. The van der Waals surface area contributed by atoms with Gasteiger partial charge in [-0.15, -0.1) is 0 Å². The maximum absolute atomic E-state index is 12.0.